The summed E-state index contributed by atoms with van der Waals surface area (Å²) in [6.07, 6.45) is 0. The molecule has 0 saturated heterocycles. The first-order valence-electron chi connectivity index (χ1n) is 12.0. The van der Waals surface area contributed by atoms with E-state index in [-0.39, 0.29) is 5.41 Å². The average molecular weight is 470 g/mol. The molecule has 0 heterocycles. The summed E-state index contributed by atoms with van der Waals surface area (Å²) in [7, 11) is 0. The van der Waals surface area contributed by atoms with Gasteiger partial charge in [-0.1, -0.05) is 118 Å². The van der Waals surface area contributed by atoms with Crippen LogP contribution >= 0.6 is 12.8 Å². The summed E-state index contributed by atoms with van der Waals surface area (Å²) in [5, 5.41) is 0. The molecule has 0 aromatic heterocycles. The molecular weight excluding hydrogens is 442 g/mol. The summed E-state index contributed by atoms with van der Waals surface area (Å²) in [5.74, 6) is 0. The standard InChI is InChI=1S/C33H27NS/c1-33(2)31-16-10-9-15-29(31)30-18-17-27(22-32(30)33)34(35)28-20-25(23-11-5-3-6-12-23)19-26(21-28)24-13-7-4-8-14-24/h3-22,35H,1-2H3. The van der Waals surface area contributed by atoms with Gasteiger partial charge in [-0.25, -0.2) is 0 Å². The van der Waals surface area contributed by atoms with Crippen LogP contribution in [0.3, 0.4) is 0 Å². The van der Waals surface area contributed by atoms with Gasteiger partial charge in [-0.2, -0.15) is 0 Å². The number of anilines is 2. The smallest absolute Gasteiger partial charge is 0.0535 e. The minimum Gasteiger partial charge on any atom is -0.287 e. The number of fused-ring (bicyclic) bond motifs is 3. The normalized spacial score (nSPS) is 13.2. The van der Waals surface area contributed by atoms with E-state index in [4.69, 9.17) is 12.8 Å². The molecule has 1 aliphatic carbocycles. The van der Waals surface area contributed by atoms with Crippen molar-refractivity contribution in [3.05, 3.63) is 132 Å². The summed E-state index contributed by atoms with van der Waals surface area (Å²) in [4.78, 5) is 0. The van der Waals surface area contributed by atoms with Crippen LogP contribution in [0.2, 0.25) is 0 Å². The van der Waals surface area contributed by atoms with Crippen LogP contribution in [0.25, 0.3) is 33.4 Å². The molecule has 0 saturated carbocycles. The molecule has 0 radical (unpaired) electrons. The van der Waals surface area contributed by atoms with Crippen LogP contribution in [0.5, 0.6) is 0 Å². The SMILES string of the molecule is CC1(C)c2ccccc2-c2ccc(N(S)c3cc(-c4ccccc4)cc(-c4ccccc4)c3)cc21. The Labute approximate surface area is 213 Å². The Bertz CT molecular complexity index is 1460. The number of thiol groups is 1. The number of hydrogen-bond acceptors (Lipinski definition) is 2. The molecule has 35 heavy (non-hydrogen) atoms. The van der Waals surface area contributed by atoms with Crippen LogP contribution in [0.4, 0.5) is 11.4 Å². The maximum Gasteiger partial charge on any atom is 0.0535 e. The van der Waals surface area contributed by atoms with E-state index < -0.39 is 0 Å². The third-order valence-corrected chi connectivity index (χ3v) is 7.65. The van der Waals surface area contributed by atoms with Crippen LogP contribution in [-0.2, 0) is 5.41 Å². The second-order valence-corrected chi connectivity index (χ2v) is 10.1. The van der Waals surface area contributed by atoms with Gasteiger partial charge in [0.1, 0.15) is 0 Å². The largest absolute Gasteiger partial charge is 0.287 e. The van der Waals surface area contributed by atoms with Crippen molar-refractivity contribution in [2.75, 3.05) is 4.31 Å². The van der Waals surface area contributed by atoms with Crippen molar-refractivity contribution < 1.29 is 0 Å². The quantitative estimate of drug-likeness (QED) is 0.257. The molecule has 0 aliphatic heterocycles. The van der Waals surface area contributed by atoms with Gasteiger partial charge < -0.3 is 0 Å². The summed E-state index contributed by atoms with van der Waals surface area (Å²) >= 11 is 5.02. The zero-order valence-electron chi connectivity index (χ0n) is 19.9. The first-order chi connectivity index (χ1) is 17.0. The van der Waals surface area contributed by atoms with E-state index in [1.165, 1.54) is 44.5 Å². The molecule has 0 N–H and O–H groups in total. The fourth-order valence-corrected chi connectivity index (χ4v) is 5.54. The Morgan fingerprint density at radius 3 is 1.66 bits per heavy atom. The first kappa shape index (κ1) is 21.8. The van der Waals surface area contributed by atoms with Crippen molar-refractivity contribution >= 4 is 24.2 Å². The van der Waals surface area contributed by atoms with E-state index in [2.05, 4.69) is 135 Å². The fraction of sp³-hybridized carbons (Fsp3) is 0.0909. The van der Waals surface area contributed by atoms with Crippen molar-refractivity contribution in [3.63, 3.8) is 0 Å². The van der Waals surface area contributed by atoms with Crippen LogP contribution in [-0.4, -0.2) is 0 Å². The van der Waals surface area contributed by atoms with E-state index in [0.717, 1.165) is 11.4 Å². The van der Waals surface area contributed by atoms with E-state index >= 15 is 0 Å². The first-order valence-corrected chi connectivity index (χ1v) is 12.4. The van der Waals surface area contributed by atoms with E-state index in [1.807, 2.05) is 4.31 Å². The minimum absolute atomic E-state index is 0.0440. The fourth-order valence-electron chi connectivity index (χ4n) is 5.30. The second kappa shape index (κ2) is 8.48. The molecule has 6 rings (SSSR count). The molecule has 170 valence electrons. The van der Waals surface area contributed by atoms with Gasteiger partial charge in [0, 0.05) is 5.41 Å². The molecule has 0 spiro atoms. The highest BCUT2D eigenvalue weighted by atomic mass is 32.1. The van der Waals surface area contributed by atoms with Gasteiger partial charge in [0.25, 0.3) is 0 Å². The second-order valence-electron chi connectivity index (χ2n) is 9.71. The summed E-state index contributed by atoms with van der Waals surface area (Å²) in [5.41, 5.74) is 12.2. The lowest BCUT2D eigenvalue weighted by atomic mass is 9.82. The molecule has 5 aromatic rings. The Morgan fingerprint density at radius 1 is 0.486 bits per heavy atom. The summed E-state index contributed by atoms with van der Waals surface area (Å²) in [6, 6.07) is 43.3. The lowest BCUT2D eigenvalue weighted by molar-refractivity contribution is 0.660. The summed E-state index contributed by atoms with van der Waals surface area (Å²) < 4.78 is 2.01. The Kier molecular flexibility index (Phi) is 5.27. The zero-order chi connectivity index (χ0) is 24.0. The van der Waals surface area contributed by atoms with Crippen molar-refractivity contribution in [2.24, 2.45) is 0 Å². The number of hydrogen-bond donors (Lipinski definition) is 1. The van der Waals surface area contributed by atoms with E-state index in [9.17, 15) is 0 Å². The minimum atomic E-state index is -0.0440. The van der Waals surface area contributed by atoms with Gasteiger partial charge in [-0.3, -0.25) is 4.31 Å². The van der Waals surface area contributed by atoms with Crippen LogP contribution < -0.4 is 4.31 Å². The van der Waals surface area contributed by atoms with Gasteiger partial charge in [0.05, 0.1) is 11.4 Å². The monoisotopic (exact) mass is 469 g/mol. The molecule has 5 aromatic carbocycles. The van der Waals surface area contributed by atoms with Crippen LogP contribution in [0.1, 0.15) is 25.0 Å². The van der Waals surface area contributed by atoms with Crippen molar-refractivity contribution in [3.8, 4) is 33.4 Å². The Morgan fingerprint density at radius 2 is 1.03 bits per heavy atom. The molecule has 0 amide bonds. The van der Waals surface area contributed by atoms with E-state index in [1.54, 1.807) is 0 Å². The van der Waals surface area contributed by atoms with Gasteiger partial charge in [-0.15, -0.1) is 0 Å². The molecule has 0 fully saturated rings. The lowest BCUT2D eigenvalue weighted by Gasteiger charge is -2.25. The van der Waals surface area contributed by atoms with Gasteiger partial charge in [0.15, 0.2) is 0 Å². The number of nitrogens with zero attached hydrogens (tertiary/aromatic N) is 1. The van der Waals surface area contributed by atoms with Crippen molar-refractivity contribution in [1.29, 1.82) is 0 Å². The third kappa shape index (κ3) is 3.75. The average Bonchev–Trinajstić information content (AvgIpc) is 3.15. The molecule has 0 bridgehead atoms. The molecule has 1 nitrogen and oxygen atoms in total. The highest BCUT2D eigenvalue weighted by Gasteiger charge is 2.35. The highest BCUT2D eigenvalue weighted by molar-refractivity contribution is 7.82. The maximum atomic E-state index is 5.02. The van der Waals surface area contributed by atoms with Gasteiger partial charge in [0.2, 0.25) is 0 Å². The predicted molar refractivity (Wildman–Crippen MR) is 152 cm³/mol. The highest BCUT2D eigenvalue weighted by Crippen LogP contribution is 2.50. The maximum absolute atomic E-state index is 5.02. The summed E-state index contributed by atoms with van der Waals surface area (Å²) in [6.45, 7) is 4.63. The van der Waals surface area contributed by atoms with Crippen molar-refractivity contribution in [2.45, 2.75) is 19.3 Å². The van der Waals surface area contributed by atoms with Crippen LogP contribution in [0.15, 0.2) is 121 Å². The number of benzene rings is 5. The molecule has 1 aliphatic rings. The number of rotatable bonds is 4. The zero-order valence-corrected chi connectivity index (χ0v) is 20.8. The molecule has 0 unspecified atom stereocenters. The van der Waals surface area contributed by atoms with E-state index in [0.29, 0.717) is 0 Å². The lowest BCUT2D eigenvalue weighted by Crippen LogP contribution is -2.15. The Balaban J connectivity index is 1.47. The molecule has 0 atom stereocenters. The predicted octanol–water partition coefficient (Wildman–Crippen LogP) is 9.31. The van der Waals surface area contributed by atoms with Crippen molar-refractivity contribution in [1.82, 2.24) is 0 Å². The molecule has 2 heteroatoms. The Hall–Kier alpha value is -3.75. The molecular formula is C33H27NS. The third-order valence-electron chi connectivity index (χ3n) is 7.19. The topological polar surface area (TPSA) is 3.24 Å². The van der Waals surface area contributed by atoms with Gasteiger partial charge >= 0.3 is 0 Å². The van der Waals surface area contributed by atoms with Crippen LogP contribution in [0, 0.1) is 0 Å². The van der Waals surface area contributed by atoms with Gasteiger partial charge in [-0.05, 0) is 74.8 Å².